The maximum atomic E-state index is 3.77. The molecule has 1 aliphatic rings. The number of rotatable bonds is 2. The second kappa shape index (κ2) is 3.57. The maximum absolute atomic E-state index is 3.77. The molecule has 0 amide bonds. The summed E-state index contributed by atoms with van der Waals surface area (Å²) in [4.78, 5) is 0. The fourth-order valence-electron chi connectivity index (χ4n) is 1.12. The third kappa shape index (κ3) is 1.71. The minimum absolute atomic E-state index is 0.0779. The van der Waals surface area contributed by atoms with Gasteiger partial charge in [0.15, 0.2) is 0 Å². The molecule has 0 fully saturated rings. The standard InChI is InChI=1S/C9H14Si/c1-3-8-4-6-9(10-2)7-5-8/h3-4,6-8H,1,5,10H2,2H3. The van der Waals surface area contributed by atoms with Crippen LogP contribution >= 0.6 is 0 Å². The van der Waals surface area contributed by atoms with Gasteiger partial charge >= 0.3 is 0 Å². The molecule has 1 heteroatoms. The highest BCUT2D eigenvalue weighted by Crippen LogP contribution is 2.15. The summed E-state index contributed by atoms with van der Waals surface area (Å²) in [6.07, 6.45) is 10.1. The van der Waals surface area contributed by atoms with Crippen LogP contribution in [-0.2, 0) is 0 Å². The van der Waals surface area contributed by atoms with Crippen molar-refractivity contribution in [3.05, 3.63) is 36.1 Å². The molecule has 0 N–H and O–H groups in total. The molecule has 0 heterocycles. The number of hydrogen-bond donors (Lipinski definition) is 0. The van der Waals surface area contributed by atoms with E-state index in [4.69, 9.17) is 0 Å². The predicted octanol–water partition coefficient (Wildman–Crippen LogP) is 1.85. The van der Waals surface area contributed by atoms with Crippen molar-refractivity contribution >= 4 is 9.52 Å². The van der Waals surface area contributed by atoms with Crippen LogP contribution in [0.2, 0.25) is 6.55 Å². The lowest BCUT2D eigenvalue weighted by Gasteiger charge is -2.10. The zero-order valence-electron chi connectivity index (χ0n) is 6.51. The van der Waals surface area contributed by atoms with Crippen molar-refractivity contribution in [3.8, 4) is 0 Å². The molecule has 0 radical (unpaired) electrons. The Morgan fingerprint density at radius 2 is 2.60 bits per heavy atom. The third-order valence-corrected chi connectivity index (χ3v) is 3.26. The van der Waals surface area contributed by atoms with Gasteiger partial charge in [0.25, 0.3) is 0 Å². The van der Waals surface area contributed by atoms with Crippen molar-refractivity contribution in [2.24, 2.45) is 5.92 Å². The SMILES string of the molecule is C=CC1C=CC([SiH2]C)=CC1. The average molecular weight is 150 g/mol. The van der Waals surface area contributed by atoms with Crippen molar-refractivity contribution in [1.82, 2.24) is 0 Å². The Labute approximate surface area is 65.2 Å². The molecule has 0 aromatic carbocycles. The summed E-state index contributed by atoms with van der Waals surface area (Å²) < 4.78 is 0. The molecule has 0 aromatic heterocycles. The Balaban J connectivity index is 2.54. The molecule has 0 spiro atoms. The Morgan fingerprint density at radius 1 is 1.80 bits per heavy atom. The van der Waals surface area contributed by atoms with E-state index in [-0.39, 0.29) is 9.52 Å². The molecule has 1 atom stereocenters. The first-order valence-corrected chi connectivity index (χ1v) is 5.98. The molecule has 0 aromatic rings. The minimum atomic E-state index is 0.0779. The molecule has 0 saturated carbocycles. The van der Waals surface area contributed by atoms with Gasteiger partial charge in [0.2, 0.25) is 0 Å². The van der Waals surface area contributed by atoms with Crippen LogP contribution in [0, 0.1) is 5.92 Å². The fraction of sp³-hybridized carbons (Fsp3) is 0.333. The van der Waals surface area contributed by atoms with Crippen LogP contribution in [-0.4, -0.2) is 9.52 Å². The second-order valence-electron chi connectivity index (χ2n) is 2.63. The molecule has 54 valence electrons. The molecule has 0 nitrogen and oxygen atoms in total. The van der Waals surface area contributed by atoms with Gasteiger partial charge in [-0.1, -0.05) is 36.0 Å². The van der Waals surface area contributed by atoms with Crippen molar-refractivity contribution in [1.29, 1.82) is 0 Å². The van der Waals surface area contributed by atoms with Crippen LogP contribution in [0.5, 0.6) is 0 Å². The van der Waals surface area contributed by atoms with Crippen LogP contribution in [0.4, 0.5) is 0 Å². The van der Waals surface area contributed by atoms with Gasteiger partial charge in [0, 0.05) is 0 Å². The van der Waals surface area contributed by atoms with Crippen LogP contribution in [0.15, 0.2) is 36.1 Å². The number of hydrogen-bond acceptors (Lipinski definition) is 0. The summed E-state index contributed by atoms with van der Waals surface area (Å²) >= 11 is 0. The number of allylic oxidation sites excluding steroid dienone is 5. The summed E-state index contributed by atoms with van der Waals surface area (Å²) in [5.74, 6) is 0.601. The highest BCUT2D eigenvalue weighted by atomic mass is 28.2. The van der Waals surface area contributed by atoms with E-state index >= 15 is 0 Å². The third-order valence-electron chi connectivity index (χ3n) is 1.92. The Hall–Kier alpha value is -0.563. The van der Waals surface area contributed by atoms with Crippen molar-refractivity contribution in [2.45, 2.75) is 13.0 Å². The van der Waals surface area contributed by atoms with E-state index in [0.717, 1.165) is 0 Å². The van der Waals surface area contributed by atoms with Crippen molar-refractivity contribution < 1.29 is 0 Å². The summed E-state index contributed by atoms with van der Waals surface area (Å²) in [5, 5.41) is 1.60. The minimum Gasteiger partial charge on any atom is -0.102 e. The summed E-state index contributed by atoms with van der Waals surface area (Å²) in [7, 11) is 0.0779. The zero-order chi connectivity index (χ0) is 7.40. The largest absolute Gasteiger partial charge is 0.102 e. The molecular formula is C9H14Si. The van der Waals surface area contributed by atoms with Gasteiger partial charge < -0.3 is 0 Å². The first-order chi connectivity index (χ1) is 4.86. The average Bonchev–Trinajstić information content (AvgIpc) is 2.05. The highest BCUT2D eigenvalue weighted by molar-refractivity contribution is 6.44. The second-order valence-corrected chi connectivity index (χ2v) is 4.15. The molecule has 0 aliphatic heterocycles. The van der Waals surface area contributed by atoms with E-state index in [1.807, 2.05) is 6.08 Å². The molecule has 0 bridgehead atoms. The first kappa shape index (κ1) is 7.54. The summed E-state index contributed by atoms with van der Waals surface area (Å²) in [6, 6.07) is 0. The summed E-state index contributed by atoms with van der Waals surface area (Å²) in [6.45, 7) is 6.09. The van der Waals surface area contributed by atoms with Crippen LogP contribution < -0.4 is 0 Å². The van der Waals surface area contributed by atoms with E-state index in [0.29, 0.717) is 5.92 Å². The van der Waals surface area contributed by atoms with E-state index in [9.17, 15) is 0 Å². The van der Waals surface area contributed by atoms with E-state index < -0.39 is 0 Å². The van der Waals surface area contributed by atoms with E-state index in [1.165, 1.54) is 6.42 Å². The van der Waals surface area contributed by atoms with E-state index in [1.54, 1.807) is 5.20 Å². The van der Waals surface area contributed by atoms with Gasteiger partial charge in [-0.05, 0) is 12.3 Å². The quantitative estimate of drug-likeness (QED) is 0.416. The Kier molecular flexibility index (Phi) is 2.69. The molecule has 1 aliphatic carbocycles. The smallest absolute Gasteiger partial charge is 0.0512 e. The van der Waals surface area contributed by atoms with Crippen LogP contribution in [0.3, 0.4) is 0 Å². The van der Waals surface area contributed by atoms with Crippen LogP contribution in [0.25, 0.3) is 0 Å². The maximum Gasteiger partial charge on any atom is 0.0512 e. The molecule has 0 saturated heterocycles. The lowest BCUT2D eigenvalue weighted by Crippen LogP contribution is -1.98. The molecule has 10 heavy (non-hydrogen) atoms. The molecule has 1 unspecified atom stereocenters. The molecular weight excluding hydrogens is 136 g/mol. The lowest BCUT2D eigenvalue weighted by atomic mass is 10.0. The zero-order valence-corrected chi connectivity index (χ0v) is 7.92. The summed E-state index contributed by atoms with van der Waals surface area (Å²) in [5.41, 5.74) is 0. The lowest BCUT2D eigenvalue weighted by molar-refractivity contribution is 0.822. The fourth-order valence-corrected chi connectivity index (χ4v) is 1.95. The van der Waals surface area contributed by atoms with Gasteiger partial charge in [-0.25, -0.2) is 0 Å². The van der Waals surface area contributed by atoms with E-state index in [2.05, 4.69) is 31.4 Å². The Bertz CT molecular complexity index is 177. The monoisotopic (exact) mass is 150 g/mol. The van der Waals surface area contributed by atoms with Crippen molar-refractivity contribution in [3.63, 3.8) is 0 Å². The predicted molar refractivity (Wildman–Crippen MR) is 49.9 cm³/mol. The normalized spacial score (nSPS) is 25.3. The van der Waals surface area contributed by atoms with Gasteiger partial charge in [-0.15, -0.1) is 6.58 Å². The van der Waals surface area contributed by atoms with Crippen LogP contribution in [0.1, 0.15) is 6.42 Å². The van der Waals surface area contributed by atoms with Gasteiger partial charge in [0.05, 0.1) is 9.52 Å². The first-order valence-electron chi connectivity index (χ1n) is 3.86. The van der Waals surface area contributed by atoms with Crippen molar-refractivity contribution in [2.75, 3.05) is 0 Å². The Morgan fingerprint density at radius 3 is 3.00 bits per heavy atom. The van der Waals surface area contributed by atoms with Gasteiger partial charge in [-0.3, -0.25) is 0 Å². The van der Waals surface area contributed by atoms with Gasteiger partial charge in [0.1, 0.15) is 0 Å². The van der Waals surface area contributed by atoms with Gasteiger partial charge in [-0.2, -0.15) is 0 Å². The molecule has 1 rings (SSSR count). The topological polar surface area (TPSA) is 0 Å². The highest BCUT2D eigenvalue weighted by Gasteiger charge is 2.02.